The summed E-state index contributed by atoms with van der Waals surface area (Å²) in [5.41, 5.74) is 4.90. The number of nitrogens with zero attached hydrogens (tertiary/aromatic N) is 1. The summed E-state index contributed by atoms with van der Waals surface area (Å²) in [4.78, 5) is 34.2. The first-order valence-electron chi connectivity index (χ1n) is 6.71. The molecule has 0 bridgehead atoms. The molecule has 0 aromatic rings. The maximum Gasteiger partial charge on any atom is 0.329 e. The van der Waals surface area contributed by atoms with Gasteiger partial charge in [-0.05, 0) is 12.8 Å². The number of hydrogen-bond acceptors (Lipinski definition) is 5. The molecule has 1 heterocycles. The first kappa shape index (κ1) is 17.2. The molecular formula is C12H21N3O6. The summed E-state index contributed by atoms with van der Waals surface area (Å²) in [7, 11) is 0. The van der Waals surface area contributed by atoms with Crippen molar-refractivity contribution < 1.29 is 29.0 Å². The van der Waals surface area contributed by atoms with Gasteiger partial charge in [-0.15, -0.1) is 0 Å². The van der Waals surface area contributed by atoms with Crippen molar-refractivity contribution >= 4 is 17.9 Å². The quantitative estimate of drug-likeness (QED) is 0.481. The Hall–Kier alpha value is -1.87. The molecule has 1 fully saturated rings. The van der Waals surface area contributed by atoms with Crippen molar-refractivity contribution in [1.29, 1.82) is 0 Å². The number of nitrogens with two attached hydrogens (primary N) is 1. The number of carboxylic acid groups (broad SMARTS) is 1. The third-order valence-corrected chi connectivity index (χ3v) is 2.94. The van der Waals surface area contributed by atoms with Crippen LogP contribution in [0.25, 0.3) is 0 Å². The minimum Gasteiger partial charge on any atom is -0.480 e. The number of carbonyl (C=O) groups is 3. The number of amides is 3. The Bertz CT molecular complexity index is 368. The normalized spacial score (nSPS) is 15.7. The van der Waals surface area contributed by atoms with Crippen molar-refractivity contribution in [3.8, 4) is 0 Å². The van der Waals surface area contributed by atoms with Crippen LogP contribution in [-0.2, 0) is 19.1 Å². The zero-order valence-electron chi connectivity index (χ0n) is 11.7. The number of carbonyl (C=O) groups excluding carboxylic acids is 2. The second kappa shape index (κ2) is 9.14. The van der Waals surface area contributed by atoms with E-state index in [0.717, 1.165) is 0 Å². The fourth-order valence-electron chi connectivity index (χ4n) is 1.93. The number of nitrogens with one attached hydrogen (secondary N) is 1. The summed E-state index contributed by atoms with van der Waals surface area (Å²) in [6.07, 6.45) is 1.10. The maximum absolute atomic E-state index is 11.8. The zero-order valence-corrected chi connectivity index (χ0v) is 11.7. The highest BCUT2D eigenvalue weighted by molar-refractivity contribution is 5.75. The molecule has 1 saturated heterocycles. The summed E-state index contributed by atoms with van der Waals surface area (Å²) < 4.78 is 10.1. The molecule has 3 amide bonds. The van der Waals surface area contributed by atoms with E-state index in [4.69, 9.17) is 20.3 Å². The van der Waals surface area contributed by atoms with Crippen LogP contribution >= 0.6 is 0 Å². The second-order valence-corrected chi connectivity index (χ2v) is 4.64. The summed E-state index contributed by atoms with van der Waals surface area (Å²) in [5, 5.41) is 11.2. The monoisotopic (exact) mass is 303 g/mol. The molecule has 9 nitrogen and oxygen atoms in total. The lowest BCUT2D eigenvalue weighted by molar-refractivity contribution is -0.145. The minimum atomic E-state index is -0.994. The van der Waals surface area contributed by atoms with Crippen LogP contribution < -0.4 is 11.1 Å². The molecule has 4 N–H and O–H groups in total. The third-order valence-electron chi connectivity index (χ3n) is 2.94. The number of urea groups is 1. The molecule has 0 unspecified atom stereocenters. The van der Waals surface area contributed by atoms with Crippen LogP contribution in [-0.4, -0.2) is 73.5 Å². The molecule has 0 aromatic heterocycles. The van der Waals surface area contributed by atoms with Crippen LogP contribution in [0.1, 0.15) is 12.8 Å². The molecule has 0 radical (unpaired) electrons. The van der Waals surface area contributed by atoms with Crippen molar-refractivity contribution in [3.63, 3.8) is 0 Å². The lowest BCUT2D eigenvalue weighted by atomic mass is 10.1. The first-order valence-corrected chi connectivity index (χ1v) is 6.71. The van der Waals surface area contributed by atoms with Crippen molar-refractivity contribution in [2.75, 3.05) is 39.5 Å². The molecule has 120 valence electrons. The minimum absolute atomic E-state index is 0.121. The standard InChI is InChI=1S/C12H21N3O6/c13-10(16)7-20-6-3-14-12(19)15-4-1-9(2-5-15)21-8-11(17)18/h9H,1-8H2,(H2,13,16)(H,14,19)(H,17,18). The second-order valence-electron chi connectivity index (χ2n) is 4.64. The highest BCUT2D eigenvalue weighted by atomic mass is 16.5. The number of primary amides is 1. The molecule has 9 heteroatoms. The molecule has 21 heavy (non-hydrogen) atoms. The van der Waals surface area contributed by atoms with Crippen LogP contribution in [0.15, 0.2) is 0 Å². The van der Waals surface area contributed by atoms with Crippen LogP contribution in [0, 0.1) is 0 Å². The van der Waals surface area contributed by atoms with E-state index in [2.05, 4.69) is 5.32 Å². The number of likely N-dealkylation sites (tertiary alicyclic amines) is 1. The Morgan fingerprint density at radius 3 is 2.48 bits per heavy atom. The molecule has 0 aliphatic carbocycles. The SMILES string of the molecule is NC(=O)COCCNC(=O)N1CCC(OCC(=O)O)CC1. The fraction of sp³-hybridized carbons (Fsp3) is 0.750. The zero-order chi connectivity index (χ0) is 15.7. The number of carboxylic acids is 1. The van der Waals surface area contributed by atoms with E-state index < -0.39 is 11.9 Å². The van der Waals surface area contributed by atoms with Gasteiger partial charge in [-0.25, -0.2) is 9.59 Å². The van der Waals surface area contributed by atoms with Crippen molar-refractivity contribution in [1.82, 2.24) is 10.2 Å². The van der Waals surface area contributed by atoms with E-state index in [1.54, 1.807) is 4.90 Å². The van der Waals surface area contributed by atoms with Crippen molar-refractivity contribution in [3.05, 3.63) is 0 Å². The Kier molecular flexibility index (Phi) is 7.48. The average Bonchev–Trinajstić information content (AvgIpc) is 2.44. The van der Waals surface area contributed by atoms with E-state index in [0.29, 0.717) is 32.5 Å². The van der Waals surface area contributed by atoms with Gasteiger partial charge in [0.2, 0.25) is 5.91 Å². The van der Waals surface area contributed by atoms with Gasteiger partial charge in [0.15, 0.2) is 0 Å². The van der Waals surface area contributed by atoms with Gasteiger partial charge < -0.3 is 30.5 Å². The van der Waals surface area contributed by atoms with Gasteiger partial charge in [-0.2, -0.15) is 0 Å². The predicted octanol–water partition coefficient (Wildman–Crippen LogP) is -1.24. The topological polar surface area (TPSA) is 131 Å². The maximum atomic E-state index is 11.8. The van der Waals surface area contributed by atoms with Gasteiger partial charge in [-0.3, -0.25) is 4.79 Å². The molecular weight excluding hydrogens is 282 g/mol. The number of ether oxygens (including phenoxy) is 2. The van der Waals surface area contributed by atoms with Crippen molar-refractivity contribution in [2.45, 2.75) is 18.9 Å². The molecule has 1 aliphatic heterocycles. The first-order chi connectivity index (χ1) is 9.99. The molecule has 1 aliphatic rings. The Labute approximate surface area is 122 Å². The number of aliphatic carboxylic acids is 1. The van der Waals surface area contributed by atoms with Gasteiger partial charge >= 0.3 is 12.0 Å². The van der Waals surface area contributed by atoms with E-state index in [9.17, 15) is 14.4 Å². The summed E-state index contributed by atoms with van der Waals surface area (Å²) >= 11 is 0. The smallest absolute Gasteiger partial charge is 0.329 e. The van der Waals surface area contributed by atoms with Gasteiger partial charge in [0.25, 0.3) is 0 Å². The lowest BCUT2D eigenvalue weighted by Crippen LogP contribution is -2.46. The van der Waals surface area contributed by atoms with Crippen LogP contribution in [0.4, 0.5) is 4.79 Å². The third kappa shape index (κ3) is 7.47. The van der Waals surface area contributed by atoms with E-state index in [-0.39, 0.29) is 32.0 Å². The summed E-state index contributed by atoms with van der Waals surface area (Å²) in [6.45, 7) is 1.06. The summed E-state index contributed by atoms with van der Waals surface area (Å²) in [5.74, 6) is -1.55. The van der Waals surface area contributed by atoms with E-state index >= 15 is 0 Å². The van der Waals surface area contributed by atoms with E-state index in [1.807, 2.05) is 0 Å². The highest BCUT2D eigenvalue weighted by Crippen LogP contribution is 2.13. The predicted molar refractivity (Wildman–Crippen MR) is 71.6 cm³/mol. The van der Waals surface area contributed by atoms with Crippen LogP contribution in [0.2, 0.25) is 0 Å². The van der Waals surface area contributed by atoms with Gasteiger partial charge in [0.1, 0.15) is 13.2 Å². The van der Waals surface area contributed by atoms with Gasteiger partial charge in [-0.1, -0.05) is 0 Å². The van der Waals surface area contributed by atoms with Crippen LogP contribution in [0.3, 0.4) is 0 Å². The van der Waals surface area contributed by atoms with Gasteiger partial charge in [0.05, 0.1) is 12.7 Å². The molecule has 0 atom stereocenters. The number of rotatable bonds is 8. The fourth-order valence-corrected chi connectivity index (χ4v) is 1.93. The van der Waals surface area contributed by atoms with Crippen molar-refractivity contribution in [2.24, 2.45) is 5.73 Å². The average molecular weight is 303 g/mol. The molecule has 0 saturated carbocycles. The molecule has 0 aromatic carbocycles. The lowest BCUT2D eigenvalue weighted by Gasteiger charge is -2.31. The summed E-state index contributed by atoms with van der Waals surface area (Å²) in [6, 6.07) is -0.214. The van der Waals surface area contributed by atoms with E-state index in [1.165, 1.54) is 0 Å². The molecule has 1 rings (SSSR count). The Balaban J connectivity index is 2.11. The van der Waals surface area contributed by atoms with Gasteiger partial charge in [0, 0.05) is 19.6 Å². The number of hydrogen-bond donors (Lipinski definition) is 3. The Morgan fingerprint density at radius 2 is 1.90 bits per heavy atom. The Morgan fingerprint density at radius 1 is 1.24 bits per heavy atom. The van der Waals surface area contributed by atoms with Crippen LogP contribution in [0.5, 0.6) is 0 Å². The molecule has 0 spiro atoms. The highest BCUT2D eigenvalue weighted by Gasteiger charge is 2.23. The number of piperidine rings is 1. The largest absolute Gasteiger partial charge is 0.480 e.